The van der Waals surface area contributed by atoms with Crippen molar-refractivity contribution in [1.29, 1.82) is 0 Å². The Balaban J connectivity index is 3.70. The highest BCUT2D eigenvalue weighted by molar-refractivity contribution is 8.47. The quantitative estimate of drug-likeness (QED) is 0.416. The number of thiocarbonyl (C=S) groups is 1. The van der Waals surface area contributed by atoms with Crippen molar-refractivity contribution in [3.63, 3.8) is 0 Å². The molecule has 0 fully saturated rings. The van der Waals surface area contributed by atoms with Crippen LogP contribution in [0.4, 0.5) is 0 Å². The lowest BCUT2D eigenvalue weighted by molar-refractivity contribution is -0.142. The first-order valence-electron chi connectivity index (χ1n) is 5.11. The van der Waals surface area contributed by atoms with Crippen molar-refractivity contribution in [2.75, 3.05) is 12.4 Å². The highest BCUT2D eigenvalue weighted by Gasteiger charge is 2.16. The van der Waals surface area contributed by atoms with E-state index >= 15 is 0 Å². The Bertz CT molecular complexity index is 207. The minimum absolute atomic E-state index is 0.180. The van der Waals surface area contributed by atoms with Crippen LogP contribution in [-0.2, 0) is 9.53 Å². The average molecular weight is 266 g/mol. The standard InChI is InChI=1S/C10H18O2S3/c1-4-6-7-14-10(13)15-8(3)9(11)12-5-2/h8H,4-7H2,1-3H3. The monoisotopic (exact) mass is 266 g/mol. The van der Waals surface area contributed by atoms with Gasteiger partial charge < -0.3 is 4.74 Å². The van der Waals surface area contributed by atoms with Crippen molar-refractivity contribution < 1.29 is 9.53 Å². The first-order valence-corrected chi connectivity index (χ1v) is 7.39. The highest BCUT2D eigenvalue weighted by atomic mass is 32.2. The molecule has 0 radical (unpaired) electrons. The van der Waals surface area contributed by atoms with Gasteiger partial charge in [-0.2, -0.15) is 0 Å². The van der Waals surface area contributed by atoms with Crippen LogP contribution in [0.2, 0.25) is 0 Å². The Hall–Kier alpha value is 0.260. The lowest BCUT2D eigenvalue weighted by Gasteiger charge is -2.10. The predicted molar refractivity (Wildman–Crippen MR) is 73.7 cm³/mol. The number of hydrogen-bond acceptors (Lipinski definition) is 5. The number of unbranched alkanes of at least 4 members (excludes halogenated alkanes) is 1. The molecule has 2 nitrogen and oxygen atoms in total. The van der Waals surface area contributed by atoms with Gasteiger partial charge in [0.2, 0.25) is 0 Å². The molecule has 88 valence electrons. The van der Waals surface area contributed by atoms with Gasteiger partial charge in [0, 0.05) is 0 Å². The average Bonchev–Trinajstić information content (AvgIpc) is 2.18. The van der Waals surface area contributed by atoms with Crippen LogP contribution in [0, 0.1) is 0 Å². The van der Waals surface area contributed by atoms with E-state index in [-0.39, 0.29) is 11.2 Å². The maximum Gasteiger partial charge on any atom is 0.319 e. The van der Waals surface area contributed by atoms with E-state index in [1.165, 1.54) is 24.6 Å². The lowest BCUT2D eigenvalue weighted by atomic mass is 10.4. The number of carbonyl (C=O) groups is 1. The van der Waals surface area contributed by atoms with Crippen LogP contribution in [0.15, 0.2) is 0 Å². The minimum Gasteiger partial charge on any atom is -0.465 e. The molecule has 0 aliphatic heterocycles. The zero-order chi connectivity index (χ0) is 11.7. The topological polar surface area (TPSA) is 26.3 Å². The number of hydrogen-bond donors (Lipinski definition) is 0. The van der Waals surface area contributed by atoms with Crippen molar-refractivity contribution in [3.8, 4) is 0 Å². The first-order chi connectivity index (χ1) is 7.11. The Morgan fingerprint density at radius 3 is 2.67 bits per heavy atom. The second kappa shape index (κ2) is 9.48. The fourth-order valence-electron chi connectivity index (χ4n) is 0.786. The number of esters is 1. The van der Waals surface area contributed by atoms with Gasteiger partial charge in [-0.3, -0.25) is 4.79 Å². The summed E-state index contributed by atoms with van der Waals surface area (Å²) < 4.78 is 5.74. The Kier molecular flexibility index (Phi) is 9.65. The fraction of sp³-hybridized carbons (Fsp3) is 0.800. The Morgan fingerprint density at radius 2 is 2.13 bits per heavy atom. The summed E-state index contributed by atoms with van der Waals surface area (Å²) >= 11 is 8.23. The summed E-state index contributed by atoms with van der Waals surface area (Å²) in [5, 5.41) is -0.188. The number of rotatable bonds is 6. The van der Waals surface area contributed by atoms with Crippen molar-refractivity contribution in [3.05, 3.63) is 0 Å². The van der Waals surface area contributed by atoms with Gasteiger partial charge in [0.25, 0.3) is 0 Å². The van der Waals surface area contributed by atoms with Crippen molar-refractivity contribution in [1.82, 2.24) is 0 Å². The van der Waals surface area contributed by atoms with Gasteiger partial charge in [0.05, 0.1) is 6.61 Å². The molecule has 15 heavy (non-hydrogen) atoms. The zero-order valence-electron chi connectivity index (χ0n) is 9.45. The largest absolute Gasteiger partial charge is 0.465 e. The van der Waals surface area contributed by atoms with Crippen molar-refractivity contribution in [2.45, 2.75) is 38.9 Å². The molecule has 0 amide bonds. The Morgan fingerprint density at radius 1 is 1.47 bits per heavy atom. The second-order valence-corrected chi connectivity index (χ2v) is 6.60. The molecule has 0 aromatic heterocycles. The lowest BCUT2D eigenvalue weighted by Crippen LogP contribution is -2.17. The molecule has 1 unspecified atom stereocenters. The summed E-state index contributed by atoms with van der Waals surface area (Å²) in [6.45, 7) is 6.22. The van der Waals surface area contributed by atoms with E-state index in [9.17, 15) is 4.79 Å². The van der Waals surface area contributed by atoms with E-state index in [0.29, 0.717) is 6.61 Å². The summed E-state index contributed by atoms with van der Waals surface area (Å²) in [5.41, 5.74) is 0. The maximum absolute atomic E-state index is 11.3. The number of carbonyl (C=O) groups excluding carboxylic acids is 1. The van der Waals surface area contributed by atoms with E-state index < -0.39 is 0 Å². The molecule has 0 saturated heterocycles. The van der Waals surface area contributed by atoms with Crippen LogP contribution in [0.3, 0.4) is 0 Å². The van der Waals surface area contributed by atoms with Crippen molar-refractivity contribution in [2.24, 2.45) is 0 Å². The van der Waals surface area contributed by atoms with Gasteiger partial charge in [-0.05, 0) is 26.0 Å². The van der Waals surface area contributed by atoms with E-state index in [0.717, 1.165) is 9.28 Å². The molecular formula is C10H18O2S3. The third-order valence-electron chi connectivity index (χ3n) is 1.61. The fourth-order valence-corrected chi connectivity index (χ4v) is 3.48. The molecule has 0 spiro atoms. The molecule has 0 aromatic carbocycles. The molecule has 0 aliphatic rings. The molecule has 0 N–H and O–H groups in total. The van der Waals surface area contributed by atoms with Gasteiger partial charge in [0.15, 0.2) is 0 Å². The molecule has 0 bridgehead atoms. The summed E-state index contributed by atoms with van der Waals surface area (Å²) in [5.74, 6) is 0.860. The van der Waals surface area contributed by atoms with Crippen LogP contribution in [-0.4, -0.2) is 27.1 Å². The summed E-state index contributed by atoms with van der Waals surface area (Å²) in [6, 6.07) is 0. The molecule has 0 saturated carbocycles. The number of thioether (sulfide) groups is 2. The zero-order valence-corrected chi connectivity index (χ0v) is 11.9. The third-order valence-corrected chi connectivity index (χ3v) is 4.36. The molecule has 0 rings (SSSR count). The van der Waals surface area contributed by atoms with Crippen LogP contribution in [0.25, 0.3) is 0 Å². The smallest absolute Gasteiger partial charge is 0.319 e. The molecule has 1 atom stereocenters. The molecule has 0 aromatic rings. The van der Waals surface area contributed by atoms with E-state index in [2.05, 4.69) is 6.92 Å². The molecule has 0 heterocycles. The summed E-state index contributed by atoms with van der Waals surface area (Å²) in [4.78, 5) is 11.3. The molecule has 0 aliphatic carbocycles. The number of ether oxygens (including phenoxy) is 1. The van der Waals surface area contributed by atoms with E-state index in [4.69, 9.17) is 17.0 Å². The van der Waals surface area contributed by atoms with E-state index in [1.54, 1.807) is 11.8 Å². The predicted octanol–water partition coefficient (Wildman–Crippen LogP) is 3.49. The second-order valence-electron chi connectivity index (χ2n) is 2.96. The highest BCUT2D eigenvalue weighted by Crippen LogP contribution is 2.23. The van der Waals surface area contributed by atoms with Gasteiger partial charge in [-0.25, -0.2) is 0 Å². The third kappa shape index (κ3) is 8.11. The van der Waals surface area contributed by atoms with E-state index in [1.807, 2.05) is 13.8 Å². The maximum atomic E-state index is 11.3. The molecular weight excluding hydrogens is 248 g/mol. The van der Waals surface area contributed by atoms with Gasteiger partial charge in [-0.15, -0.1) is 11.8 Å². The summed E-state index contributed by atoms with van der Waals surface area (Å²) in [6.07, 6.45) is 2.34. The Labute approximate surface area is 106 Å². The van der Waals surface area contributed by atoms with Gasteiger partial charge >= 0.3 is 5.97 Å². The van der Waals surface area contributed by atoms with Gasteiger partial charge in [-0.1, -0.05) is 37.3 Å². The summed E-state index contributed by atoms with van der Waals surface area (Å²) in [7, 11) is 0. The SMILES string of the molecule is CCCCSC(=S)SC(C)C(=O)OCC. The van der Waals surface area contributed by atoms with Crippen molar-refractivity contribution >= 4 is 45.2 Å². The van der Waals surface area contributed by atoms with Crippen LogP contribution in [0.5, 0.6) is 0 Å². The van der Waals surface area contributed by atoms with Crippen LogP contribution in [0.1, 0.15) is 33.6 Å². The van der Waals surface area contributed by atoms with Crippen LogP contribution < -0.4 is 0 Å². The normalized spacial score (nSPS) is 12.2. The van der Waals surface area contributed by atoms with Crippen LogP contribution >= 0.6 is 35.7 Å². The van der Waals surface area contributed by atoms with Gasteiger partial charge in [0.1, 0.15) is 8.78 Å². The minimum atomic E-state index is -0.188. The first kappa shape index (κ1) is 15.3. The molecule has 5 heteroatoms.